The van der Waals surface area contributed by atoms with Crippen molar-refractivity contribution in [2.75, 3.05) is 19.8 Å². The van der Waals surface area contributed by atoms with Crippen molar-refractivity contribution in [2.24, 2.45) is 11.7 Å². The van der Waals surface area contributed by atoms with Crippen molar-refractivity contribution in [1.82, 2.24) is 5.32 Å². The van der Waals surface area contributed by atoms with Gasteiger partial charge in [-0.15, -0.1) is 0 Å². The molecular formula is C11H20N2O4. The van der Waals surface area contributed by atoms with E-state index >= 15 is 0 Å². The van der Waals surface area contributed by atoms with Gasteiger partial charge in [-0.05, 0) is 12.8 Å². The van der Waals surface area contributed by atoms with Crippen LogP contribution in [0, 0.1) is 5.92 Å². The van der Waals surface area contributed by atoms with E-state index in [1.54, 1.807) is 0 Å². The fraction of sp³-hybridized carbons (Fsp3) is 0.818. The number of carboxylic acids is 1. The van der Waals surface area contributed by atoms with E-state index in [1.807, 2.05) is 0 Å². The molecule has 0 aromatic rings. The third-order valence-electron chi connectivity index (χ3n) is 2.83. The van der Waals surface area contributed by atoms with Gasteiger partial charge < -0.3 is 20.9 Å². The van der Waals surface area contributed by atoms with Gasteiger partial charge in [-0.3, -0.25) is 9.59 Å². The van der Waals surface area contributed by atoms with E-state index in [0.717, 1.165) is 12.8 Å². The predicted octanol–water partition coefficient (Wildman–Crippen LogP) is -0.279. The quantitative estimate of drug-likeness (QED) is 0.535. The summed E-state index contributed by atoms with van der Waals surface area (Å²) < 4.78 is 5.11. The molecule has 0 radical (unpaired) electrons. The largest absolute Gasteiger partial charge is 0.481 e. The fourth-order valence-corrected chi connectivity index (χ4v) is 1.76. The number of hydrogen-bond acceptors (Lipinski definition) is 4. The van der Waals surface area contributed by atoms with E-state index in [9.17, 15) is 9.59 Å². The zero-order valence-electron chi connectivity index (χ0n) is 9.85. The summed E-state index contributed by atoms with van der Waals surface area (Å²) in [6, 6.07) is -0.206. The van der Waals surface area contributed by atoms with E-state index in [2.05, 4.69) is 5.32 Å². The van der Waals surface area contributed by atoms with Crippen LogP contribution in [0.3, 0.4) is 0 Å². The average Bonchev–Trinajstić information content (AvgIpc) is 2.69. The van der Waals surface area contributed by atoms with Gasteiger partial charge in [-0.2, -0.15) is 0 Å². The molecule has 2 atom stereocenters. The monoisotopic (exact) mass is 244 g/mol. The molecule has 1 rings (SSSR count). The second kappa shape index (κ2) is 7.24. The van der Waals surface area contributed by atoms with Gasteiger partial charge in [0.25, 0.3) is 0 Å². The fourth-order valence-electron chi connectivity index (χ4n) is 1.76. The van der Waals surface area contributed by atoms with Gasteiger partial charge in [0.2, 0.25) is 5.91 Å². The van der Waals surface area contributed by atoms with Crippen LogP contribution in [-0.2, 0) is 14.3 Å². The normalized spacial score (nSPS) is 23.6. The minimum absolute atomic E-state index is 0.0618. The summed E-state index contributed by atoms with van der Waals surface area (Å²) in [4.78, 5) is 21.9. The molecule has 6 heteroatoms. The van der Waals surface area contributed by atoms with E-state index in [4.69, 9.17) is 15.6 Å². The summed E-state index contributed by atoms with van der Waals surface area (Å²) in [5.41, 5.74) is 5.71. The van der Waals surface area contributed by atoms with Gasteiger partial charge in [0.1, 0.15) is 0 Å². The van der Waals surface area contributed by atoms with Crippen molar-refractivity contribution < 1.29 is 19.4 Å². The molecule has 0 aromatic carbocycles. The SMILES string of the molecule is NC1COCC1C(=O)NCCCCCC(=O)O. The Balaban J connectivity index is 2.02. The maximum atomic E-state index is 11.6. The van der Waals surface area contributed by atoms with Gasteiger partial charge in [-0.1, -0.05) is 6.42 Å². The van der Waals surface area contributed by atoms with Crippen LogP contribution in [0.4, 0.5) is 0 Å². The van der Waals surface area contributed by atoms with Crippen molar-refractivity contribution in [3.05, 3.63) is 0 Å². The number of carbonyl (C=O) groups is 2. The smallest absolute Gasteiger partial charge is 0.303 e. The van der Waals surface area contributed by atoms with E-state index in [-0.39, 0.29) is 24.3 Å². The molecule has 1 aliphatic heterocycles. The number of unbranched alkanes of at least 4 members (excludes halogenated alkanes) is 2. The molecule has 17 heavy (non-hydrogen) atoms. The minimum atomic E-state index is -0.775. The third kappa shape index (κ3) is 5.14. The number of carbonyl (C=O) groups excluding carboxylic acids is 1. The summed E-state index contributed by atoms with van der Waals surface area (Å²) in [6.45, 7) is 1.41. The Labute approximate surface area is 101 Å². The highest BCUT2D eigenvalue weighted by Gasteiger charge is 2.30. The minimum Gasteiger partial charge on any atom is -0.481 e. The van der Waals surface area contributed by atoms with Gasteiger partial charge in [0.05, 0.1) is 19.1 Å². The first-order valence-corrected chi connectivity index (χ1v) is 5.94. The lowest BCUT2D eigenvalue weighted by Crippen LogP contribution is -2.41. The molecule has 0 saturated carbocycles. The molecular weight excluding hydrogens is 224 g/mol. The van der Waals surface area contributed by atoms with Crippen LogP contribution in [-0.4, -0.2) is 42.8 Å². The van der Waals surface area contributed by atoms with Crippen molar-refractivity contribution in [1.29, 1.82) is 0 Å². The molecule has 0 spiro atoms. The van der Waals surface area contributed by atoms with Crippen LogP contribution in [0.2, 0.25) is 0 Å². The molecule has 1 heterocycles. The van der Waals surface area contributed by atoms with Crippen LogP contribution in [0.15, 0.2) is 0 Å². The number of hydrogen-bond donors (Lipinski definition) is 3. The van der Waals surface area contributed by atoms with Gasteiger partial charge >= 0.3 is 5.97 Å². The number of ether oxygens (including phenoxy) is 1. The molecule has 98 valence electrons. The Kier molecular flexibility index (Phi) is 5.93. The standard InChI is InChI=1S/C11H20N2O4/c12-9-7-17-6-8(9)11(16)13-5-3-1-2-4-10(14)15/h8-9H,1-7,12H2,(H,13,16)(H,14,15). The molecule has 1 amide bonds. The number of nitrogens with two attached hydrogens (primary N) is 1. The number of aliphatic carboxylic acids is 1. The molecule has 2 unspecified atom stereocenters. The maximum Gasteiger partial charge on any atom is 0.303 e. The third-order valence-corrected chi connectivity index (χ3v) is 2.83. The lowest BCUT2D eigenvalue weighted by Gasteiger charge is -2.13. The predicted molar refractivity (Wildman–Crippen MR) is 61.4 cm³/mol. The highest BCUT2D eigenvalue weighted by Crippen LogP contribution is 2.11. The molecule has 6 nitrogen and oxygen atoms in total. The number of carboxylic acid groups (broad SMARTS) is 1. The lowest BCUT2D eigenvalue weighted by atomic mass is 10.0. The summed E-state index contributed by atoms with van der Waals surface area (Å²) in [5, 5.41) is 11.2. The first-order chi connectivity index (χ1) is 8.11. The second-order valence-corrected chi connectivity index (χ2v) is 4.30. The van der Waals surface area contributed by atoms with E-state index in [1.165, 1.54) is 0 Å². The molecule has 0 bridgehead atoms. The van der Waals surface area contributed by atoms with Crippen LogP contribution in [0.25, 0.3) is 0 Å². The molecule has 1 saturated heterocycles. The maximum absolute atomic E-state index is 11.6. The summed E-state index contributed by atoms with van der Waals surface area (Å²) in [7, 11) is 0. The summed E-state index contributed by atoms with van der Waals surface area (Å²) in [5.74, 6) is -1.08. The van der Waals surface area contributed by atoms with E-state index < -0.39 is 5.97 Å². The first-order valence-electron chi connectivity index (χ1n) is 5.94. The average molecular weight is 244 g/mol. The Morgan fingerprint density at radius 1 is 1.29 bits per heavy atom. The molecule has 1 fully saturated rings. The van der Waals surface area contributed by atoms with Crippen molar-refractivity contribution in [3.8, 4) is 0 Å². The second-order valence-electron chi connectivity index (χ2n) is 4.30. The molecule has 4 N–H and O–H groups in total. The van der Waals surface area contributed by atoms with Crippen LogP contribution in [0.1, 0.15) is 25.7 Å². The van der Waals surface area contributed by atoms with Crippen molar-refractivity contribution >= 4 is 11.9 Å². The van der Waals surface area contributed by atoms with Crippen molar-refractivity contribution in [2.45, 2.75) is 31.7 Å². The molecule has 1 aliphatic rings. The zero-order chi connectivity index (χ0) is 12.7. The lowest BCUT2D eigenvalue weighted by molar-refractivity contribution is -0.137. The van der Waals surface area contributed by atoms with Gasteiger partial charge in [-0.25, -0.2) is 0 Å². The Bertz CT molecular complexity index is 270. The first kappa shape index (κ1) is 13.9. The van der Waals surface area contributed by atoms with E-state index in [0.29, 0.717) is 26.2 Å². The van der Waals surface area contributed by atoms with Crippen LogP contribution >= 0.6 is 0 Å². The molecule has 0 aromatic heterocycles. The Morgan fingerprint density at radius 3 is 2.65 bits per heavy atom. The highest BCUT2D eigenvalue weighted by molar-refractivity contribution is 5.79. The Morgan fingerprint density at radius 2 is 2.06 bits per heavy atom. The molecule has 0 aliphatic carbocycles. The highest BCUT2D eigenvalue weighted by atomic mass is 16.5. The Hall–Kier alpha value is -1.14. The number of nitrogens with one attached hydrogen (secondary N) is 1. The number of rotatable bonds is 7. The topological polar surface area (TPSA) is 102 Å². The van der Waals surface area contributed by atoms with Crippen molar-refractivity contribution in [3.63, 3.8) is 0 Å². The van der Waals surface area contributed by atoms with Crippen LogP contribution in [0.5, 0.6) is 0 Å². The zero-order valence-corrected chi connectivity index (χ0v) is 9.85. The summed E-state index contributed by atoms with van der Waals surface area (Å²) in [6.07, 6.45) is 2.44. The summed E-state index contributed by atoms with van der Waals surface area (Å²) >= 11 is 0. The van der Waals surface area contributed by atoms with Gasteiger partial charge in [0, 0.05) is 19.0 Å². The van der Waals surface area contributed by atoms with Gasteiger partial charge in [0.15, 0.2) is 0 Å². The number of amides is 1. The van der Waals surface area contributed by atoms with Crippen LogP contribution < -0.4 is 11.1 Å².